The predicted molar refractivity (Wildman–Crippen MR) is 70.5 cm³/mol. The number of ether oxygens (including phenoxy) is 1. The summed E-state index contributed by atoms with van der Waals surface area (Å²) in [5.74, 6) is 0.178. The predicted octanol–water partition coefficient (Wildman–Crippen LogP) is 4.40. The second-order valence-corrected chi connectivity index (χ2v) is 4.54. The lowest BCUT2D eigenvalue weighted by Gasteiger charge is -2.14. The van der Waals surface area contributed by atoms with E-state index in [9.17, 15) is 17.6 Å². The quantitative estimate of drug-likeness (QED) is 0.852. The second-order valence-electron chi connectivity index (χ2n) is 4.54. The lowest BCUT2D eigenvalue weighted by atomic mass is 10.1. The van der Waals surface area contributed by atoms with E-state index < -0.39 is 17.6 Å². The molecule has 0 fully saturated rings. The van der Waals surface area contributed by atoms with E-state index in [-0.39, 0.29) is 17.9 Å². The van der Waals surface area contributed by atoms with Gasteiger partial charge in [-0.15, -0.1) is 0 Å². The summed E-state index contributed by atoms with van der Waals surface area (Å²) in [5.41, 5.74) is 5.46. The molecule has 6 heteroatoms. The zero-order chi connectivity index (χ0) is 15.6. The molecule has 0 saturated carbocycles. The topological polar surface area (TPSA) is 35.2 Å². The highest BCUT2D eigenvalue weighted by atomic mass is 19.4. The first-order valence-electron chi connectivity index (χ1n) is 6.15. The summed E-state index contributed by atoms with van der Waals surface area (Å²) in [6, 6.07) is 7.01. The van der Waals surface area contributed by atoms with Gasteiger partial charge < -0.3 is 10.5 Å². The van der Waals surface area contributed by atoms with Crippen LogP contribution in [0, 0.1) is 12.7 Å². The molecule has 0 aliphatic carbocycles. The summed E-state index contributed by atoms with van der Waals surface area (Å²) < 4.78 is 56.5. The number of halogens is 4. The Kier molecular flexibility index (Phi) is 4.18. The van der Waals surface area contributed by atoms with Crippen LogP contribution >= 0.6 is 0 Å². The van der Waals surface area contributed by atoms with Crippen molar-refractivity contribution in [3.63, 3.8) is 0 Å². The van der Waals surface area contributed by atoms with Gasteiger partial charge in [-0.25, -0.2) is 4.39 Å². The van der Waals surface area contributed by atoms with Gasteiger partial charge in [0.2, 0.25) is 0 Å². The first-order chi connectivity index (χ1) is 9.81. The normalized spacial score (nSPS) is 11.5. The summed E-state index contributed by atoms with van der Waals surface area (Å²) >= 11 is 0. The van der Waals surface area contributed by atoms with Crippen LogP contribution in [0.25, 0.3) is 0 Å². The number of hydrogen-bond acceptors (Lipinski definition) is 2. The van der Waals surface area contributed by atoms with Crippen molar-refractivity contribution in [3.8, 4) is 11.5 Å². The standard InChI is InChI=1S/C15H13F4NO/c1-9-6-12(16)3-5-13(9)21-14-4-2-11(15(17,18)19)7-10(14)8-20/h2-7H,8,20H2,1H3. The maximum Gasteiger partial charge on any atom is 0.416 e. The zero-order valence-electron chi connectivity index (χ0n) is 11.2. The Bertz CT molecular complexity index is 653. The first kappa shape index (κ1) is 15.3. The van der Waals surface area contributed by atoms with Gasteiger partial charge >= 0.3 is 6.18 Å². The van der Waals surface area contributed by atoms with Crippen LogP contribution in [-0.4, -0.2) is 0 Å². The zero-order valence-corrected chi connectivity index (χ0v) is 11.2. The first-order valence-corrected chi connectivity index (χ1v) is 6.15. The molecule has 2 nitrogen and oxygen atoms in total. The summed E-state index contributed by atoms with van der Waals surface area (Å²) in [4.78, 5) is 0. The average molecular weight is 299 g/mol. The largest absolute Gasteiger partial charge is 0.457 e. The van der Waals surface area contributed by atoms with Crippen LogP contribution < -0.4 is 10.5 Å². The Morgan fingerprint density at radius 1 is 1.05 bits per heavy atom. The molecular weight excluding hydrogens is 286 g/mol. The molecule has 0 aromatic heterocycles. The van der Waals surface area contributed by atoms with Gasteiger partial charge in [-0.05, 0) is 48.9 Å². The fourth-order valence-electron chi connectivity index (χ4n) is 1.86. The van der Waals surface area contributed by atoms with Crippen molar-refractivity contribution in [2.45, 2.75) is 19.6 Å². The number of rotatable bonds is 3. The molecule has 112 valence electrons. The molecule has 0 amide bonds. The van der Waals surface area contributed by atoms with Crippen LogP contribution in [0.3, 0.4) is 0 Å². The molecule has 0 saturated heterocycles. The Morgan fingerprint density at radius 3 is 2.29 bits per heavy atom. The molecule has 0 bridgehead atoms. The smallest absolute Gasteiger partial charge is 0.416 e. The van der Waals surface area contributed by atoms with Crippen molar-refractivity contribution in [2.75, 3.05) is 0 Å². The van der Waals surface area contributed by atoms with Crippen LogP contribution in [0.4, 0.5) is 17.6 Å². The van der Waals surface area contributed by atoms with E-state index in [4.69, 9.17) is 10.5 Å². The monoisotopic (exact) mass is 299 g/mol. The molecule has 0 aliphatic rings. The minimum atomic E-state index is -4.44. The van der Waals surface area contributed by atoms with Crippen LogP contribution in [0.2, 0.25) is 0 Å². The van der Waals surface area contributed by atoms with Crippen molar-refractivity contribution >= 4 is 0 Å². The molecule has 2 N–H and O–H groups in total. The number of benzene rings is 2. The lowest BCUT2D eigenvalue weighted by molar-refractivity contribution is -0.137. The molecule has 0 radical (unpaired) electrons. The van der Waals surface area contributed by atoms with Crippen molar-refractivity contribution < 1.29 is 22.3 Å². The molecule has 0 atom stereocenters. The van der Waals surface area contributed by atoms with E-state index in [1.54, 1.807) is 6.92 Å². The van der Waals surface area contributed by atoms with Gasteiger partial charge in [-0.1, -0.05) is 0 Å². The Morgan fingerprint density at radius 2 is 1.71 bits per heavy atom. The Hall–Kier alpha value is -2.08. The van der Waals surface area contributed by atoms with Gasteiger partial charge in [0, 0.05) is 12.1 Å². The van der Waals surface area contributed by atoms with E-state index in [0.717, 1.165) is 12.1 Å². The Labute approximate surface area is 119 Å². The second kappa shape index (κ2) is 5.73. The third-order valence-electron chi connectivity index (χ3n) is 2.96. The third-order valence-corrected chi connectivity index (χ3v) is 2.96. The highest BCUT2D eigenvalue weighted by Gasteiger charge is 2.31. The van der Waals surface area contributed by atoms with Crippen LogP contribution in [0.15, 0.2) is 36.4 Å². The summed E-state index contributed by atoms with van der Waals surface area (Å²) in [6.45, 7) is 1.55. The maximum absolute atomic E-state index is 13.0. The summed E-state index contributed by atoms with van der Waals surface area (Å²) in [6.07, 6.45) is -4.44. The highest BCUT2D eigenvalue weighted by molar-refractivity contribution is 5.43. The number of nitrogens with two attached hydrogens (primary N) is 1. The highest BCUT2D eigenvalue weighted by Crippen LogP contribution is 2.34. The van der Waals surface area contributed by atoms with E-state index in [1.165, 1.54) is 24.3 Å². The van der Waals surface area contributed by atoms with E-state index in [0.29, 0.717) is 11.3 Å². The summed E-state index contributed by atoms with van der Waals surface area (Å²) in [7, 11) is 0. The van der Waals surface area contributed by atoms with Crippen molar-refractivity contribution in [1.82, 2.24) is 0 Å². The van der Waals surface area contributed by atoms with Crippen LogP contribution in [0.1, 0.15) is 16.7 Å². The van der Waals surface area contributed by atoms with Gasteiger partial charge in [0.25, 0.3) is 0 Å². The summed E-state index contributed by atoms with van der Waals surface area (Å²) in [5, 5.41) is 0. The van der Waals surface area contributed by atoms with Crippen molar-refractivity contribution in [2.24, 2.45) is 5.73 Å². The number of hydrogen-bond donors (Lipinski definition) is 1. The fraction of sp³-hybridized carbons (Fsp3) is 0.200. The van der Waals surface area contributed by atoms with Gasteiger partial charge in [0.1, 0.15) is 17.3 Å². The van der Waals surface area contributed by atoms with Gasteiger partial charge in [-0.2, -0.15) is 13.2 Å². The molecule has 0 spiro atoms. The average Bonchev–Trinajstić information content (AvgIpc) is 2.41. The molecule has 2 rings (SSSR count). The molecule has 2 aromatic rings. The van der Waals surface area contributed by atoms with E-state index in [2.05, 4.69) is 0 Å². The van der Waals surface area contributed by atoms with Gasteiger partial charge in [-0.3, -0.25) is 0 Å². The third kappa shape index (κ3) is 3.52. The molecular formula is C15H13F4NO. The Balaban J connectivity index is 2.36. The molecule has 0 heterocycles. The molecule has 2 aromatic carbocycles. The minimum Gasteiger partial charge on any atom is -0.457 e. The van der Waals surface area contributed by atoms with Crippen LogP contribution in [0.5, 0.6) is 11.5 Å². The number of alkyl halides is 3. The van der Waals surface area contributed by atoms with E-state index in [1.807, 2.05) is 0 Å². The van der Waals surface area contributed by atoms with Crippen molar-refractivity contribution in [1.29, 1.82) is 0 Å². The molecule has 0 aliphatic heterocycles. The fourth-order valence-corrected chi connectivity index (χ4v) is 1.86. The molecule has 0 unspecified atom stereocenters. The maximum atomic E-state index is 13.0. The van der Waals surface area contributed by atoms with E-state index >= 15 is 0 Å². The van der Waals surface area contributed by atoms with Gasteiger partial charge in [0.05, 0.1) is 5.56 Å². The lowest BCUT2D eigenvalue weighted by Crippen LogP contribution is -2.08. The van der Waals surface area contributed by atoms with Crippen molar-refractivity contribution in [3.05, 3.63) is 58.9 Å². The molecule has 21 heavy (non-hydrogen) atoms. The number of aryl methyl sites for hydroxylation is 1. The SMILES string of the molecule is Cc1cc(F)ccc1Oc1ccc(C(F)(F)F)cc1CN. The van der Waals surface area contributed by atoms with Gasteiger partial charge in [0.15, 0.2) is 0 Å². The van der Waals surface area contributed by atoms with Crippen LogP contribution in [-0.2, 0) is 12.7 Å². The minimum absolute atomic E-state index is 0.0977.